The molecule has 0 spiro atoms. The number of hydrogen-bond acceptors (Lipinski definition) is 2. The Kier molecular flexibility index (Phi) is 9.33. The molecule has 0 saturated heterocycles. The predicted molar refractivity (Wildman–Crippen MR) is 134 cm³/mol. The van der Waals surface area contributed by atoms with Crippen LogP contribution in [-0.4, -0.2) is 16.9 Å². The zero-order valence-corrected chi connectivity index (χ0v) is 19.7. The number of halogens is 2. The van der Waals surface area contributed by atoms with E-state index in [1.807, 2.05) is 60.8 Å². The van der Waals surface area contributed by atoms with Gasteiger partial charge in [-0.2, -0.15) is 0 Å². The number of rotatable bonds is 10. The van der Waals surface area contributed by atoms with Gasteiger partial charge in [-0.15, -0.1) is 0 Å². The molecule has 32 heavy (non-hydrogen) atoms. The topological polar surface area (TPSA) is 42.0 Å². The number of aromatic nitrogens is 1. The van der Waals surface area contributed by atoms with Gasteiger partial charge in [0, 0.05) is 34.9 Å². The Morgan fingerprint density at radius 2 is 1.72 bits per heavy atom. The van der Waals surface area contributed by atoms with E-state index >= 15 is 0 Å². The number of nitrogens with zero attached hydrogens (tertiary/aromatic N) is 1. The maximum absolute atomic E-state index is 12.5. The van der Waals surface area contributed by atoms with E-state index in [-0.39, 0.29) is 11.9 Å². The minimum atomic E-state index is 0.0617. The van der Waals surface area contributed by atoms with Crippen molar-refractivity contribution in [3.05, 3.63) is 106 Å². The molecule has 0 aliphatic rings. The van der Waals surface area contributed by atoms with E-state index in [1.54, 1.807) is 6.20 Å². The molecule has 3 nitrogen and oxygen atoms in total. The van der Waals surface area contributed by atoms with E-state index in [0.29, 0.717) is 22.9 Å². The largest absolute Gasteiger partial charge is 0.354 e. The van der Waals surface area contributed by atoms with Crippen LogP contribution in [0.4, 0.5) is 0 Å². The maximum Gasteiger partial charge on any atom is 0.220 e. The first-order chi connectivity index (χ1) is 15.5. The second-order valence-corrected chi connectivity index (χ2v) is 8.77. The Balaban J connectivity index is 1.55. The average molecular weight is 467 g/mol. The Labute approximate surface area is 200 Å². The number of amides is 1. The zero-order chi connectivity index (χ0) is 22.8. The summed E-state index contributed by atoms with van der Waals surface area (Å²) in [5, 5.41) is 4.46. The van der Waals surface area contributed by atoms with Crippen LogP contribution in [0.1, 0.15) is 49.3 Å². The van der Waals surface area contributed by atoms with Gasteiger partial charge in [0.05, 0.1) is 0 Å². The van der Waals surface area contributed by atoms with Crippen LogP contribution in [0.5, 0.6) is 0 Å². The van der Waals surface area contributed by atoms with Crippen molar-refractivity contribution in [2.45, 2.75) is 45.1 Å². The number of carbonyl (C=O) groups is 1. The fourth-order valence-corrected chi connectivity index (χ4v) is 4.02. The monoisotopic (exact) mass is 466 g/mol. The third-order valence-electron chi connectivity index (χ3n) is 5.22. The molecule has 0 radical (unpaired) electrons. The highest BCUT2D eigenvalue weighted by molar-refractivity contribution is 6.31. The van der Waals surface area contributed by atoms with Gasteiger partial charge in [-0.3, -0.25) is 9.78 Å². The molecule has 0 saturated carbocycles. The summed E-state index contributed by atoms with van der Waals surface area (Å²) in [5.41, 5.74) is 4.26. The fourth-order valence-electron chi connectivity index (χ4n) is 3.64. The minimum Gasteiger partial charge on any atom is -0.354 e. The lowest BCUT2D eigenvalue weighted by molar-refractivity contribution is -0.121. The number of allylic oxidation sites excluding steroid dienone is 1. The van der Waals surface area contributed by atoms with E-state index < -0.39 is 0 Å². The molecule has 3 rings (SSSR count). The average Bonchev–Trinajstić information content (AvgIpc) is 2.77. The molecule has 1 amide bonds. The summed E-state index contributed by atoms with van der Waals surface area (Å²) in [6, 6.07) is 19.6. The molecule has 0 fully saturated rings. The number of nitrogens with one attached hydrogen (secondary N) is 1. The van der Waals surface area contributed by atoms with Crippen LogP contribution in [0, 0.1) is 0 Å². The lowest BCUT2D eigenvalue weighted by Gasteiger charge is -2.14. The highest BCUT2D eigenvalue weighted by Crippen LogP contribution is 2.28. The van der Waals surface area contributed by atoms with E-state index in [1.165, 1.54) is 5.56 Å². The van der Waals surface area contributed by atoms with Gasteiger partial charge in [-0.25, -0.2) is 0 Å². The number of pyridine rings is 1. The van der Waals surface area contributed by atoms with E-state index in [0.717, 1.165) is 36.0 Å². The first-order valence-corrected chi connectivity index (χ1v) is 11.7. The molecule has 0 bridgehead atoms. The Morgan fingerprint density at radius 3 is 2.31 bits per heavy atom. The van der Waals surface area contributed by atoms with Gasteiger partial charge in [-0.05, 0) is 85.2 Å². The van der Waals surface area contributed by atoms with Crippen LogP contribution in [-0.2, 0) is 11.2 Å². The predicted octanol–water partition coefficient (Wildman–Crippen LogP) is 7.13. The summed E-state index contributed by atoms with van der Waals surface area (Å²) in [6.07, 6.45) is 9.75. The molecule has 1 heterocycles. The van der Waals surface area contributed by atoms with Crippen molar-refractivity contribution in [2.24, 2.45) is 0 Å². The van der Waals surface area contributed by atoms with Crippen molar-refractivity contribution in [3.63, 3.8) is 0 Å². The molecule has 1 atom stereocenters. The molecule has 5 heteroatoms. The molecule has 2 aromatic carbocycles. The summed E-state index contributed by atoms with van der Waals surface area (Å²) in [5.74, 6) is 0.0617. The summed E-state index contributed by atoms with van der Waals surface area (Å²) in [7, 11) is 0. The van der Waals surface area contributed by atoms with Crippen LogP contribution in [0.2, 0.25) is 10.0 Å². The van der Waals surface area contributed by atoms with Crippen molar-refractivity contribution >= 4 is 34.7 Å². The normalized spacial score (nSPS) is 11.6. The SMILES string of the molecule is CC(CCCc1cccnc1)NC(=O)CCC=C(c1cccc(Cl)c1)c1cccc(Cl)c1. The standard InChI is InChI=1S/C27H28Cl2N2O/c1-20(7-2-8-21-9-6-16-30-19-21)31-27(32)15-5-14-26(22-10-3-12-24(28)17-22)23-11-4-13-25(29)18-23/h3-4,6,9-14,16-20H,2,5,7-8,15H2,1H3,(H,31,32). The molecule has 1 unspecified atom stereocenters. The number of benzene rings is 2. The number of carbonyl (C=O) groups excluding carboxylic acids is 1. The number of hydrogen-bond donors (Lipinski definition) is 1. The lowest BCUT2D eigenvalue weighted by Crippen LogP contribution is -2.32. The van der Waals surface area contributed by atoms with Crippen molar-refractivity contribution < 1.29 is 4.79 Å². The van der Waals surface area contributed by atoms with Crippen LogP contribution < -0.4 is 5.32 Å². The quantitative estimate of drug-likeness (QED) is 0.345. The third kappa shape index (κ3) is 7.81. The summed E-state index contributed by atoms with van der Waals surface area (Å²) in [6.45, 7) is 2.06. The lowest BCUT2D eigenvalue weighted by atomic mass is 9.96. The number of aryl methyl sites for hydroxylation is 1. The van der Waals surface area contributed by atoms with Crippen molar-refractivity contribution in [1.82, 2.24) is 10.3 Å². The fraction of sp³-hybridized carbons (Fsp3) is 0.259. The first kappa shape index (κ1) is 24.0. The third-order valence-corrected chi connectivity index (χ3v) is 5.69. The molecule has 1 N–H and O–H groups in total. The van der Waals surface area contributed by atoms with Gasteiger partial charge < -0.3 is 5.32 Å². The molecular weight excluding hydrogens is 439 g/mol. The Morgan fingerprint density at radius 1 is 1.03 bits per heavy atom. The molecule has 0 aliphatic carbocycles. The Bertz CT molecular complexity index is 1000. The second-order valence-electron chi connectivity index (χ2n) is 7.90. The smallest absolute Gasteiger partial charge is 0.220 e. The van der Waals surface area contributed by atoms with Gasteiger partial charge in [-0.1, -0.05) is 59.6 Å². The van der Waals surface area contributed by atoms with Gasteiger partial charge in [0.2, 0.25) is 5.91 Å². The van der Waals surface area contributed by atoms with Gasteiger partial charge >= 0.3 is 0 Å². The van der Waals surface area contributed by atoms with E-state index in [2.05, 4.69) is 29.4 Å². The van der Waals surface area contributed by atoms with Crippen molar-refractivity contribution in [1.29, 1.82) is 0 Å². The maximum atomic E-state index is 12.5. The summed E-state index contributed by atoms with van der Waals surface area (Å²) >= 11 is 12.4. The van der Waals surface area contributed by atoms with E-state index in [9.17, 15) is 4.79 Å². The van der Waals surface area contributed by atoms with Gasteiger partial charge in [0.1, 0.15) is 0 Å². The Hall–Kier alpha value is -2.62. The van der Waals surface area contributed by atoms with Crippen LogP contribution >= 0.6 is 23.2 Å². The highest BCUT2D eigenvalue weighted by Gasteiger charge is 2.09. The summed E-state index contributed by atoms with van der Waals surface area (Å²) < 4.78 is 0. The molecular formula is C27H28Cl2N2O. The molecule has 166 valence electrons. The van der Waals surface area contributed by atoms with Crippen molar-refractivity contribution in [2.75, 3.05) is 0 Å². The van der Waals surface area contributed by atoms with Crippen LogP contribution in [0.3, 0.4) is 0 Å². The van der Waals surface area contributed by atoms with Crippen LogP contribution in [0.15, 0.2) is 79.1 Å². The van der Waals surface area contributed by atoms with Gasteiger partial charge in [0.25, 0.3) is 0 Å². The summed E-state index contributed by atoms with van der Waals surface area (Å²) in [4.78, 5) is 16.6. The highest BCUT2D eigenvalue weighted by atomic mass is 35.5. The molecule has 1 aromatic heterocycles. The van der Waals surface area contributed by atoms with E-state index in [4.69, 9.17) is 23.2 Å². The van der Waals surface area contributed by atoms with Gasteiger partial charge in [0.15, 0.2) is 0 Å². The van der Waals surface area contributed by atoms with Crippen molar-refractivity contribution in [3.8, 4) is 0 Å². The second kappa shape index (κ2) is 12.4. The first-order valence-electron chi connectivity index (χ1n) is 10.9. The van der Waals surface area contributed by atoms with Crippen LogP contribution in [0.25, 0.3) is 5.57 Å². The zero-order valence-electron chi connectivity index (χ0n) is 18.2. The molecule has 0 aliphatic heterocycles. The minimum absolute atomic E-state index is 0.0617. The molecule has 3 aromatic rings.